The van der Waals surface area contributed by atoms with Gasteiger partial charge in [0, 0.05) is 10.8 Å². The van der Waals surface area contributed by atoms with Crippen molar-refractivity contribution in [1.82, 2.24) is 0 Å². The van der Waals surface area contributed by atoms with Crippen LogP contribution in [-0.4, -0.2) is 0 Å². The minimum absolute atomic E-state index is 0.327. The van der Waals surface area contributed by atoms with Crippen molar-refractivity contribution in [2.45, 2.75) is 77.0 Å². The van der Waals surface area contributed by atoms with Crippen molar-refractivity contribution < 1.29 is 4.42 Å². The third-order valence-electron chi connectivity index (χ3n) is 14.0. The van der Waals surface area contributed by atoms with Crippen LogP contribution in [0.25, 0.3) is 55.0 Å². The summed E-state index contributed by atoms with van der Waals surface area (Å²) in [6.45, 7) is 8.77. The molecule has 2 aliphatic rings. The second kappa shape index (κ2) is 18.3. The predicted molar refractivity (Wildman–Crippen MR) is 276 cm³/mol. The number of hydrogen-bond donors (Lipinski definition) is 0. The molecule has 9 aromatic carbocycles. The fraction of sp³-hybridized carbons (Fsp3) is 0.188. The quantitative estimate of drug-likeness (QED) is 0.168. The van der Waals surface area contributed by atoms with E-state index < -0.39 is 0 Å². The summed E-state index contributed by atoms with van der Waals surface area (Å²) in [5, 5.41) is 5.29. The lowest BCUT2D eigenvalue weighted by Gasteiger charge is -2.35. The molecule has 320 valence electrons. The van der Waals surface area contributed by atoms with Gasteiger partial charge in [0.1, 0.15) is 11.2 Å². The molecule has 0 aliphatic heterocycles. The maximum Gasteiger partial charge on any atom is 0.135 e. The standard InChI is InChI=1S/C36H32.C15H14O.C13H12/c1-25-21-22-31-33(23-25)36(27-15-7-3-8-16-27,28-17-9-4-10-18-28)34-24-32(26-13-5-2-6-14-26)29-19-11-12-20-30(29)35(31)34;1-10(2)11-7-8-15-13(9-11)12-5-3-4-6-14(12)16-15;1-11-6-5-9-13(10-11)12-7-3-2-4-8-12/h3-4,7-12,15-24,26H,2,5-6,13-14H2,1H3;3-10H,1-2H3;2-10H,1H3. The van der Waals surface area contributed by atoms with E-state index in [0.717, 1.165) is 11.2 Å². The van der Waals surface area contributed by atoms with Crippen LogP contribution in [-0.2, 0) is 5.41 Å². The lowest BCUT2D eigenvalue weighted by molar-refractivity contribution is 0.445. The molecule has 2 aliphatic carbocycles. The summed E-state index contributed by atoms with van der Waals surface area (Å²) in [6.07, 6.45) is 6.68. The molecule has 1 nitrogen and oxygen atoms in total. The number of benzene rings is 9. The van der Waals surface area contributed by atoms with Gasteiger partial charge >= 0.3 is 0 Å². The molecule has 65 heavy (non-hydrogen) atoms. The molecule has 0 atom stereocenters. The Balaban J connectivity index is 0.000000140. The molecule has 1 heteroatoms. The minimum Gasteiger partial charge on any atom is -0.456 e. The lowest BCUT2D eigenvalue weighted by Crippen LogP contribution is -2.29. The monoisotopic (exact) mass is 842 g/mol. The second-order valence-electron chi connectivity index (χ2n) is 18.5. The summed E-state index contributed by atoms with van der Waals surface area (Å²) in [4.78, 5) is 0. The molecule has 12 rings (SSSR count). The second-order valence-corrected chi connectivity index (χ2v) is 18.5. The summed E-state index contributed by atoms with van der Waals surface area (Å²) in [5.41, 5.74) is 18.1. The number of hydrogen-bond acceptors (Lipinski definition) is 1. The smallest absolute Gasteiger partial charge is 0.135 e. The molecular weight excluding hydrogens is 785 g/mol. The van der Waals surface area contributed by atoms with Crippen molar-refractivity contribution in [2.24, 2.45) is 0 Å². The first-order valence-corrected chi connectivity index (χ1v) is 23.7. The largest absolute Gasteiger partial charge is 0.456 e. The first-order chi connectivity index (χ1) is 31.9. The number of furan rings is 1. The molecule has 0 radical (unpaired) electrons. The van der Waals surface area contributed by atoms with Gasteiger partial charge in [-0.2, -0.15) is 0 Å². The Bertz CT molecular complexity index is 3180. The van der Waals surface area contributed by atoms with Gasteiger partial charge in [-0.15, -0.1) is 0 Å². The van der Waals surface area contributed by atoms with Crippen molar-refractivity contribution in [3.63, 3.8) is 0 Å². The zero-order valence-electron chi connectivity index (χ0n) is 38.2. The SMILES string of the molecule is CC(C)c1ccc2oc3ccccc3c2c1.Cc1ccc2c(c1)C(c1ccccc1)(c1ccccc1)c1cc(C3CCCCC3)c3ccccc3c1-2.Cc1cccc(-c2ccccc2)c1. The van der Waals surface area contributed by atoms with Gasteiger partial charge in [0.05, 0.1) is 5.41 Å². The van der Waals surface area contributed by atoms with Gasteiger partial charge in [-0.05, 0) is 123 Å². The number of fused-ring (bicyclic) bond motifs is 8. The zero-order chi connectivity index (χ0) is 44.3. The minimum atomic E-state index is -0.327. The van der Waals surface area contributed by atoms with E-state index in [9.17, 15) is 0 Å². The van der Waals surface area contributed by atoms with E-state index in [4.69, 9.17) is 4.42 Å². The normalized spacial score (nSPS) is 14.0. The van der Waals surface area contributed by atoms with Gasteiger partial charge < -0.3 is 4.42 Å². The fourth-order valence-electron chi connectivity index (χ4n) is 10.8. The fourth-order valence-corrected chi connectivity index (χ4v) is 10.8. The molecule has 1 fully saturated rings. The number of para-hydroxylation sites is 1. The first kappa shape index (κ1) is 42.0. The highest BCUT2D eigenvalue weighted by atomic mass is 16.3. The number of aryl methyl sites for hydroxylation is 2. The lowest BCUT2D eigenvalue weighted by atomic mass is 9.66. The zero-order valence-corrected chi connectivity index (χ0v) is 38.2. The summed E-state index contributed by atoms with van der Waals surface area (Å²) in [6, 6.07) is 75.1. The summed E-state index contributed by atoms with van der Waals surface area (Å²) < 4.78 is 5.79. The van der Waals surface area contributed by atoms with Gasteiger partial charge in [0.25, 0.3) is 0 Å². The molecular formula is C64H58O. The average Bonchev–Trinajstić information content (AvgIpc) is 3.88. The summed E-state index contributed by atoms with van der Waals surface area (Å²) >= 11 is 0. The van der Waals surface area contributed by atoms with E-state index in [1.54, 1.807) is 5.56 Å². The van der Waals surface area contributed by atoms with Crippen molar-refractivity contribution >= 4 is 32.7 Å². The van der Waals surface area contributed by atoms with E-state index in [-0.39, 0.29) is 5.41 Å². The van der Waals surface area contributed by atoms with Crippen LogP contribution >= 0.6 is 0 Å². The van der Waals surface area contributed by atoms with Crippen molar-refractivity contribution in [2.75, 3.05) is 0 Å². The molecule has 0 spiro atoms. The molecule has 10 aromatic rings. The van der Waals surface area contributed by atoms with Gasteiger partial charge in [-0.25, -0.2) is 0 Å². The van der Waals surface area contributed by atoms with Crippen LogP contribution in [0.5, 0.6) is 0 Å². The Hall–Kier alpha value is -6.96. The number of rotatable bonds is 5. The van der Waals surface area contributed by atoms with Gasteiger partial charge in [0.2, 0.25) is 0 Å². The Morgan fingerprint density at radius 1 is 0.446 bits per heavy atom. The van der Waals surface area contributed by atoms with Crippen molar-refractivity contribution in [3.8, 4) is 22.3 Å². The topological polar surface area (TPSA) is 13.1 Å². The van der Waals surface area contributed by atoms with E-state index >= 15 is 0 Å². The van der Waals surface area contributed by atoms with Crippen LogP contribution in [0.4, 0.5) is 0 Å². The Labute approximate surface area is 385 Å². The van der Waals surface area contributed by atoms with E-state index in [1.807, 2.05) is 18.2 Å². The Morgan fingerprint density at radius 2 is 1.03 bits per heavy atom. The maximum atomic E-state index is 5.79. The van der Waals surface area contributed by atoms with Crippen LogP contribution in [0.1, 0.15) is 102 Å². The van der Waals surface area contributed by atoms with Gasteiger partial charge in [-0.1, -0.05) is 232 Å². The highest BCUT2D eigenvalue weighted by Gasteiger charge is 2.47. The van der Waals surface area contributed by atoms with Crippen molar-refractivity contribution in [3.05, 3.63) is 251 Å². The van der Waals surface area contributed by atoms with Crippen LogP contribution < -0.4 is 0 Å². The third-order valence-corrected chi connectivity index (χ3v) is 14.0. The van der Waals surface area contributed by atoms with Crippen LogP contribution in [0, 0.1) is 13.8 Å². The Kier molecular flexibility index (Phi) is 11.8. The molecule has 1 aromatic heterocycles. The first-order valence-electron chi connectivity index (χ1n) is 23.7. The van der Waals surface area contributed by atoms with Crippen LogP contribution in [0.3, 0.4) is 0 Å². The molecule has 1 heterocycles. The van der Waals surface area contributed by atoms with E-state index in [1.165, 1.54) is 115 Å². The van der Waals surface area contributed by atoms with E-state index in [2.05, 4.69) is 216 Å². The van der Waals surface area contributed by atoms with Crippen LogP contribution in [0.15, 0.2) is 211 Å². The highest BCUT2D eigenvalue weighted by Crippen LogP contribution is 2.59. The van der Waals surface area contributed by atoms with Gasteiger partial charge in [-0.3, -0.25) is 0 Å². The predicted octanol–water partition coefficient (Wildman–Crippen LogP) is 17.9. The molecule has 0 saturated heterocycles. The highest BCUT2D eigenvalue weighted by molar-refractivity contribution is 6.06. The molecule has 0 amide bonds. The Morgan fingerprint density at radius 3 is 1.71 bits per heavy atom. The van der Waals surface area contributed by atoms with E-state index in [0.29, 0.717) is 11.8 Å². The molecule has 0 bridgehead atoms. The maximum absolute atomic E-state index is 5.79. The molecule has 0 N–H and O–H groups in total. The summed E-state index contributed by atoms with van der Waals surface area (Å²) in [7, 11) is 0. The average molecular weight is 843 g/mol. The molecule has 1 saturated carbocycles. The van der Waals surface area contributed by atoms with Crippen molar-refractivity contribution in [1.29, 1.82) is 0 Å². The third kappa shape index (κ3) is 7.99. The summed E-state index contributed by atoms with van der Waals surface area (Å²) in [5.74, 6) is 1.20. The van der Waals surface area contributed by atoms with Gasteiger partial charge in [0.15, 0.2) is 0 Å². The van der Waals surface area contributed by atoms with Crippen LogP contribution in [0.2, 0.25) is 0 Å². The molecule has 0 unspecified atom stereocenters.